The average molecular weight is 404 g/mol. The van der Waals surface area contributed by atoms with E-state index in [1.54, 1.807) is 18.3 Å². The number of carbonyl (C=O) groups is 1. The van der Waals surface area contributed by atoms with Crippen LogP contribution in [0.25, 0.3) is 10.9 Å². The molecule has 1 aromatic heterocycles. The number of para-hydroxylation sites is 1. The third-order valence-corrected chi connectivity index (χ3v) is 7.08. The monoisotopic (exact) mass is 403 g/mol. The second-order valence-corrected chi connectivity index (χ2v) is 8.93. The highest BCUT2D eigenvalue weighted by Crippen LogP contribution is 2.66. The molecule has 3 atom stereocenters. The molecule has 0 unspecified atom stereocenters. The molecule has 154 valence electrons. The van der Waals surface area contributed by atoms with Crippen LogP contribution < -0.4 is 5.43 Å². The van der Waals surface area contributed by atoms with Crippen molar-refractivity contribution in [2.75, 3.05) is 0 Å². The SMILES string of the molecule is C[C@]12CCCC[C@@H]1[C@@H]2C(=O)N/N=C\c1cn(Cc2ccc(F)cc2)c2ccccc12. The van der Waals surface area contributed by atoms with Crippen LogP contribution in [0.1, 0.15) is 43.7 Å². The van der Waals surface area contributed by atoms with Gasteiger partial charge in [0.05, 0.1) is 6.21 Å². The number of hydrogen-bond donors (Lipinski definition) is 1. The lowest BCUT2D eigenvalue weighted by Crippen LogP contribution is -2.22. The summed E-state index contributed by atoms with van der Waals surface area (Å²) in [6, 6.07) is 14.7. The molecule has 1 heterocycles. The number of nitrogens with one attached hydrogen (secondary N) is 1. The van der Waals surface area contributed by atoms with Crippen LogP contribution in [0.15, 0.2) is 59.8 Å². The number of nitrogens with zero attached hydrogens (tertiary/aromatic N) is 2. The molecule has 3 aromatic rings. The van der Waals surface area contributed by atoms with E-state index in [-0.39, 0.29) is 23.1 Å². The van der Waals surface area contributed by atoms with E-state index < -0.39 is 0 Å². The first-order valence-electron chi connectivity index (χ1n) is 10.7. The number of halogens is 1. The minimum absolute atomic E-state index is 0.0516. The predicted molar refractivity (Wildman–Crippen MR) is 117 cm³/mol. The molecule has 2 aliphatic rings. The Labute approximate surface area is 175 Å². The van der Waals surface area contributed by atoms with Gasteiger partial charge in [0.25, 0.3) is 0 Å². The van der Waals surface area contributed by atoms with Crippen LogP contribution >= 0.6 is 0 Å². The molecule has 30 heavy (non-hydrogen) atoms. The topological polar surface area (TPSA) is 46.4 Å². The van der Waals surface area contributed by atoms with Crippen molar-refractivity contribution in [2.24, 2.45) is 22.4 Å². The normalized spacial score (nSPS) is 25.4. The van der Waals surface area contributed by atoms with Crippen molar-refractivity contribution >= 4 is 23.0 Å². The van der Waals surface area contributed by atoms with Crippen molar-refractivity contribution in [3.8, 4) is 0 Å². The second kappa shape index (κ2) is 7.38. The van der Waals surface area contributed by atoms with Crippen LogP contribution in [0, 0.1) is 23.1 Å². The minimum Gasteiger partial charge on any atom is -0.342 e. The van der Waals surface area contributed by atoms with Crippen LogP contribution in [0.4, 0.5) is 4.39 Å². The highest BCUT2D eigenvalue weighted by molar-refractivity contribution is 5.99. The molecule has 2 aliphatic carbocycles. The number of carbonyl (C=O) groups excluding carboxylic acids is 1. The van der Waals surface area contributed by atoms with Gasteiger partial charge >= 0.3 is 0 Å². The Hall–Kier alpha value is -2.95. The summed E-state index contributed by atoms with van der Waals surface area (Å²) in [7, 11) is 0. The maximum atomic E-state index is 13.2. The Morgan fingerprint density at radius 2 is 2.03 bits per heavy atom. The zero-order valence-corrected chi connectivity index (χ0v) is 17.1. The quantitative estimate of drug-likeness (QED) is 0.467. The van der Waals surface area contributed by atoms with Gasteiger partial charge in [-0.25, -0.2) is 9.82 Å². The number of rotatable bonds is 5. The summed E-state index contributed by atoms with van der Waals surface area (Å²) in [5.41, 5.74) is 6.02. The van der Waals surface area contributed by atoms with E-state index in [4.69, 9.17) is 0 Å². The lowest BCUT2D eigenvalue weighted by molar-refractivity contribution is -0.123. The molecule has 0 saturated heterocycles. The molecule has 2 saturated carbocycles. The molecule has 2 fully saturated rings. The average Bonchev–Trinajstić information content (AvgIpc) is 3.25. The molecule has 0 aliphatic heterocycles. The van der Waals surface area contributed by atoms with Gasteiger partial charge < -0.3 is 4.57 Å². The van der Waals surface area contributed by atoms with Crippen molar-refractivity contribution in [2.45, 2.75) is 39.2 Å². The van der Waals surface area contributed by atoms with Gasteiger partial charge in [-0.15, -0.1) is 0 Å². The van der Waals surface area contributed by atoms with Crippen molar-refractivity contribution < 1.29 is 9.18 Å². The van der Waals surface area contributed by atoms with Crippen LogP contribution in [-0.4, -0.2) is 16.7 Å². The van der Waals surface area contributed by atoms with Gasteiger partial charge in [-0.3, -0.25) is 4.79 Å². The van der Waals surface area contributed by atoms with Gasteiger partial charge in [0.1, 0.15) is 5.82 Å². The maximum Gasteiger partial charge on any atom is 0.244 e. The summed E-state index contributed by atoms with van der Waals surface area (Å²) < 4.78 is 15.3. The van der Waals surface area contributed by atoms with Gasteiger partial charge in [-0.2, -0.15) is 5.10 Å². The zero-order valence-electron chi connectivity index (χ0n) is 17.1. The molecular weight excluding hydrogens is 377 g/mol. The molecule has 4 nitrogen and oxygen atoms in total. The molecule has 0 radical (unpaired) electrons. The third kappa shape index (κ3) is 3.32. The Bertz CT molecular complexity index is 1120. The van der Waals surface area contributed by atoms with Crippen LogP contribution in [-0.2, 0) is 11.3 Å². The largest absolute Gasteiger partial charge is 0.342 e. The number of amides is 1. The molecule has 2 aromatic carbocycles. The van der Waals surface area contributed by atoms with Gasteiger partial charge in [-0.1, -0.05) is 50.1 Å². The highest BCUT2D eigenvalue weighted by Gasteiger charge is 2.64. The molecule has 1 amide bonds. The third-order valence-electron chi connectivity index (χ3n) is 7.08. The van der Waals surface area contributed by atoms with Crippen molar-refractivity contribution in [3.63, 3.8) is 0 Å². The first kappa shape index (κ1) is 19.0. The summed E-state index contributed by atoms with van der Waals surface area (Å²) in [5, 5.41) is 5.36. The van der Waals surface area contributed by atoms with Crippen LogP contribution in [0.5, 0.6) is 0 Å². The Morgan fingerprint density at radius 3 is 2.80 bits per heavy atom. The number of hydrogen-bond acceptors (Lipinski definition) is 2. The standard InChI is InChI=1S/C25H26FN3O/c1-25-13-5-4-7-21(25)23(25)24(30)28-27-14-18-16-29(22-8-3-2-6-20(18)22)15-17-9-11-19(26)12-10-17/h2-3,6,8-12,14,16,21,23H,4-5,7,13,15H2,1H3,(H,28,30)/b27-14-/t21-,23-,25+/m1/s1. The summed E-state index contributed by atoms with van der Waals surface area (Å²) >= 11 is 0. The molecule has 1 N–H and O–H groups in total. The van der Waals surface area contributed by atoms with Gasteiger partial charge in [0.2, 0.25) is 5.91 Å². The van der Waals surface area contributed by atoms with E-state index in [0.717, 1.165) is 34.9 Å². The number of fused-ring (bicyclic) bond motifs is 2. The predicted octanol–water partition coefficient (Wildman–Crippen LogP) is 5.11. The van der Waals surface area contributed by atoms with Gasteiger partial charge in [0, 0.05) is 35.1 Å². The lowest BCUT2D eigenvalue weighted by atomic mass is 9.90. The highest BCUT2D eigenvalue weighted by atomic mass is 19.1. The van der Waals surface area contributed by atoms with E-state index >= 15 is 0 Å². The zero-order chi connectivity index (χ0) is 20.7. The minimum atomic E-state index is -0.232. The van der Waals surface area contributed by atoms with Gasteiger partial charge in [0.15, 0.2) is 0 Å². The number of aromatic nitrogens is 1. The number of hydrazone groups is 1. The second-order valence-electron chi connectivity index (χ2n) is 8.93. The van der Waals surface area contributed by atoms with Gasteiger partial charge in [-0.05, 0) is 47.9 Å². The Balaban J connectivity index is 1.33. The summed E-state index contributed by atoms with van der Waals surface area (Å²) in [5.74, 6) is 0.454. The first-order valence-corrected chi connectivity index (χ1v) is 10.7. The first-order chi connectivity index (χ1) is 14.6. The van der Waals surface area contributed by atoms with E-state index in [2.05, 4.69) is 34.2 Å². The fourth-order valence-electron chi connectivity index (χ4n) is 5.38. The molecule has 0 spiro atoms. The summed E-state index contributed by atoms with van der Waals surface area (Å²) in [6.45, 7) is 2.89. The van der Waals surface area contributed by atoms with Crippen molar-refractivity contribution in [1.82, 2.24) is 9.99 Å². The fourth-order valence-corrected chi connectivity index (χ4v) is 5.38. The Kier molecular flexibility index (Phi) is 4.69. The van der Waals surface area contributed by atoms with E-state index in [9.17, 15) is 9.18 Å². The summed E-state index contributed by atoms with van der Waals surface area (Å²) in [4.78, 5) is 12.6. The number of benzene rings is 2. The van der Waals surface area contributed by atoms with E-state index in [0.29, 0.717) is 12.5 Å². The smallest absolute Gasteiger partial charge is 0.244 e. The van der Waals surface area contributed by atoms with E-state index in [1.165, 1.54) is 25.0 Å². The van der Waals surface area contributed by atoms with Crippen molar-refractivity contribution in [3.05, 3.63) is 71.7 Å². The fraction of sp³-hybridized carbons (Fsp3) is 0.360. The molecule has 0 bridgehead atoms. The van der Waals surface area contributed by atoms with Crippen molar-refractivity contribution in [1.29, 1.82) is 0 Å². The van der Waals surface area contributed by atoms with E-state index in [1.807, 2.05) is 18.3 Å². The lowest BCUT2D eigenvalue weighted by Gasteiger charge is -2.15. The van der Waals surface area contributed by atoms with Crippen LogP contribution in [0.2, 0.25) is 0 Å². The molecule has 5 rings (SSSR count). The van der Waals surface area contributed by atoms with Crippen LogP contribution in [0.3, 0.4) is 0 Å². The Morgan fingerprint density at radius 1 is 1.23 bits per heavy atom. The summed E-state index contributed by atoms with van der Waals surface area (Å²) in [6.07, 6.45) is 8.54. The molecular formula is C25H26FN3O. The molecule has 5 heteroatoms. The maximum absolute atomic E-state index is 13.2.